The molecular formula is C19H17BN4O3S. The minimum absolute atomic E-state index is 0.285. The van der Waals surface area contributed by atoms with Crippen LogP contribution in [0, 0.1) is 0 Å². The first-order valence-electron chi connectivity index (χ1n) is 8.54. The SMILES string of the molecule is CNc1cnnc2cc(-c3cc(B(O)O)c(OC)cc3-c3nccs3)ccc12. The molecule has 0 aliphatic carbocycles. The van der Waals surface area contributed by atoms with Gasteiger partial charge in [-0.3, -0.25) is 0 Å². The second-order valence-electron chi connectivity index (χ2n) is 6.09. The summed E-state index contributed by atoms with van der Waals surface area (Å²) in [6.07, 6.45) is 3.41. The highest BCUT2D eigenvalue weighted by atomic mass is 32.1. The van der Waals surface area contributed by atoms with Gasteiger partial charge in [0.1, 0.15) is 10.8 Å². The number of ether oxygens (including phenoxy) is 1. The maximum Gasteiger partial charge on any atom is 0.492 e. The van der Waals surface area contributed by atoms with Crippen LogP contribution >= 0.6 is 11.3 Å². The maximum absolute atomic E-state index is 9.80. The molecule has 2 heterocycles. The Bertz CT molecular complexity index is 1140. The molecule has 0 fully saturated rings. The molecule has 9 heteroatoms. The van der Waals surface area contributed by atoms with Crippen molar-refractivity contribution in [2.75, 3.05) is 19.5 Å². The number of fused-ring (bicyclic) bond motifs is 1. The number of aromatic nitrogens is 3. The van der Waals surface area contributed by atoms with Gasteiger partial charge in [0.05, 0.1) is 24.5 Å². The number of nitrogens with zero attached hydrogens (tertiary/aromatic N) is 3. The van der Waals surface area contributed by atoms with Crippen molar-refractivity contribution in [2.24, 2.45) is 0 Å². The third-order valence-electron chi connectivity index (χ3n) is 4.53. The van der Waals surface area contributed by atoms with E-state index >= 15 is 0 Å². The van der Waals surface area contributed by atoms with Crippen LogP contribution in [0.3, 0.4) is 0 Å². The van der Waals surface area contributed by atoms with Crippen LogP contribution in [0.15, 0.2) is 48.1 Å². The normalized spacial score (nSPS) is 10.9. The average Bonchev–Trinajstić information content (AvgIpc) is 3.26. The topological polar surface area (TPSA) is 100 Å². The summed E-state index contributed by atoms with van der Waals surface area (Å²) in [5, 5.41) is 34.6. The summed E-state index contributed by atoms with van der Waals surface area (Å²) in [4.78, 5) is 4.41. The minimum atomic E-state index is -1.66. The van der Waals surface area contributed by atoms with Crippen LogP contribution in [-0.2, 0) is 0 Å². The molecule has 2 aromatic heterocycles. The van der Waals surface area contributed by atoms with Gasteiger partial charge in [-0.25, -0.2) is 4.98 Å². The fourth-order valence-corrected chi connectivity index (χ4v) is 3.84. The molecule has 0 aliphatic heterocycles. The number of rotatable bonds is 5. The van der Waals surface area contributed by atoms with E-state index in [0.717, 1.165) is 38.3 Å². The Hall–Kier alpha value is -3.01. The van der Waals surface area contributed by atoms with E-state index in [1.165, 1.54) is 18.4 Å². The Morgan fingerprint density at radius 2 is 2.00 bits per heavy atom. The molecule has 2 aromatic carbocycles. The Balaban J connectivity index is 1.97. The summed E-state index contributed by atoms with van der Waals surface area (Å²) in [5.74, 6) is 0.391. The number of benzene rings is 2. The summed E-state index contributed by atoms with van der Waals surface area (Å²) < 4.78 is 5.36. The third kappa shape index (κ3) is 3.20. The molecule has 0 spiro atoms. The Labute approximate surface area is 165 Å². The van der Waals surface area contributed by atoms with Crippen molar-refractivity contribution >= 4 is 40.5 Å². The molecule has 0 bridgehead atoms. The van der Waals surface area contributed by atoms with Crippen LogP contribution < -0.4 is 15.5 Å². The molecule has 4 rings (SSSR count). The van der Waals surface area contributed by atoms with Crippen LogP contribution in [0.2, 0.25) is 0 Å². The van der Waals surface area contributed by atoms with E-state index in [9.17, 15) is 10.0 Å². The van der Waals surface area contributed by atoms with Crippen LogP contribution in [-0.4, -0.2) is 46.5 Å². The summed E-state index contributed by atoms with van der Waals surface area (Å²) in [6.45, 7) is 0. The lowest BCUT2D eigenvalue weighted by Crippen LogP contribution is -2.31. The van der Waals surface area contributed by atoms with Crippen molar-refractivity contribution in [2.45, 2.75) is 0 Å². The molecule has 7 nitrogen and oxygen atoms in total. The molecule has 140 valence electrons. The highest BCUT2D eigenvalue weighted by molar-refractivity contribution is 7.13. The summed E-state index contributed by atoms with van der Waals surface area (Å²) in [6, 6.07) is 9.36. The minimum Gasteiger partial charge on any atom is -0.497 e. The standard InChI is InChI=1S/C19H17BN4O3S/c1-21-17-10-23-24-16-7-11(3-4-12(16)17)13-8-15(20(25)26)18(27-2)9-14(13)19-22-5-6-28-19/h3-10,25-26H,1-2H3,(H,21,24). The van der Waals surface area contributed by atoms with Crippen molar-refractivity contribution in [1.82, 2.24) is 15.2 Å². The van der Waals surface area contributed by atoms with Crippen LogP contribution in [0.1, 0.15) is 0 Å². The smallest absolute Gasteiger partial charge is 0.492 e. The molecule has 0 amide bonds. The second-order valence-corrected chi connectivity index (χ2v) is 6.99. The summed E-state index contributed by atoms with van der Waals surface area (Å²) >= 11 is 1.50. The van der Waals surface area contributed by atoms with Crippen molar-refractivity contribution in [1.29, 1.82) is 0 Å². The van der Waals surface area contributed by atoms with Crippen LogP contribution in [0.25, 0.3) is 32.6 Å². The molecular weight excluding hydrogens is 375 g/mol. The fraction of sp³-hybridized carbons (Fsp3) is 0.105. The maximum atomic E-state index is 9.80. The first-order valence-corrected chi connectivity index (χ1v) is 9.42. The number of anilines is 1. The largest absolute Gasteiger partial charge is 0.497 e. The van der Waals surface area contributed by atoms with Gasteiger partial charge in [0, 0.05) is 35.0 Å². The second kappa shape index (κ2) is 7.55. The van der Waals surface area contributed by atoms with Gasteiger partial charge in [-0.05, 0) is 29.3 Å². The first kappa shape index (κ1) is 18.4. The molecule has 0 saturated heterocycles. The zero-order valence-electron chi connectivity index (χ0n) is 15.2. The highest BCUT2D eigenvalue weighted by Crippen LogP contribution is 2.36. The molecule has 0 saturated carbocycles. The van der Waals surface area contributed by atoms with E-state index in [1.54, 1.807) is 24.5 Å². The van der Waals surface area contributed by atoms with Gasteiger partial charge in [-0.2, -0.15) is 10.2 Å². The van der Waals surface area contributed by atoms with Crippen LogP contribution in [0.4, 0.5) is 5.69 Å². The molecule has 0 aliphatic rings. The lowest BCUT2D eigenvalue weighted by molar-refractivity contribution is 0.403. The summed E-state index contributed by atoms with van der Waals surface area (Å²) in [5.41, 5.74) is 4.41. The van der Waals surface area contributed by atoms with E-state index in [1.807, 2.05) is 30.6 Å². The zero-order valence-corrected chi connectivity index (χ0v) is 16.1. The number of hydrogen-bond acceptors (Lipinski definition) is 8. The fourth-order valence-electron chi connectivity index (χ4n) is 3.17. The quantitative estimate of drug-likeness (QED) is 0.448. The van der Waals surface area contributed by atoms with Gasteiger partial charge >= 0.3 is 7.12 Å². The van der Waals surface area contributed by atoms with E-state index < -0.39 is 7.12 Å². The lowest BCUT2D eigenvalue weighted by atomic mass is 9.77. The predicted molar refractivity (Wildman–Crippen MR) is 112 cm³/mol. The van der Waals surface area contributed by atoms with Crippen LogP contribution in [0.5, 0.6) is 5.75 Å². The Morgan fingerprint density at radius 1 is 1.14 bits per heavy atom. The van der Waals surface area contributed by atoms with Crippen molar-refractivity contribution in [3.63, 3.8) is 0 Å². The van der Waals surface area contributed by atoms with E-state index in [2.05, 4.69) is 20.5 Å². The zero-order chi connectivity index (χ0) is 19.7. The highest BCUT2D eigenvalue weighted by Gasteiger charge is 2.22. The first-order chi connectivity index (χ1) is 13.6. The average molecular weight is 392 g/mol. The molecule has 0 unspecified atom stereocenters. The molecule has 28 heavy (non-hydrogen) atoms. The molecule has 3 N–H and O–H groups in total. The van der Waals surface area contributed by atoms with Gasteiger partial charge in [0.2, 0.25) is 0 Å². The van der Waals surface area contributed by atoms with Crippen molar-refractivity contribution < 1.29 is 14.8 Å². The van der Waals surface area contributed by atoms with Gasteiger partial charge < -0.3 is 20.1 Å². The summed E-state index contributed by atoms with van der Waals surface area (Å²) in [7, 11) is 1.68. The van der Waals surface area contributed by atoms with E-state index in [4.69, 9.17) is 4.74 Å². The van der Waals surface area contributed by atoms with Crippen molar-refractivity contribution in [3.05, 3.63) is 48.1 Å². The molecule has 0 atom stereocenters. The number of nitrogens with one attached hydrogen (secondary N) is 1. The van der Waals surface area contributed by atoms with E-state index in [0.29, 0.717) is 5.75 Å². The molecule has 4 aromatic rings. The Kier molecular flexibility index (Phi) is 4.95. The van der Waals surface area contributed by atoms with Gasteiger partial charge in [0.15, 0.2) is 0 Å². The van der Waals surface area contributed by atoms with E-state index in [-0.39, 0.29) is 5.46 Å². The number of hydrogen-bond donors (Lipinski definition) is 3. The molecule has 0 radical (unpaired) electrons. The van der Waals surface area contributed by atoms with Gasteiger partial charge in [-0.15, -0.1) is 11.3 Å². The van der Waals surface area contributed by atoms with Crippen molar-refractivity contribution in [3.8, 4) is 27.4 Å². The monoisotopic (exact) mass is 392 g/mol. The number of methoxy groups -OCH3 is 1. The Morgan fingerprint density at radius 3 is 2.68 bits per heavy atom. The number of thiazole rings is 1. The predicted octanol–water partition coefficient (Wildman–Crippen LogP) is 2.15. The lowest BCUT2D eigenvalue weighted by Gasteiger charge is -2.15. The van der Waals surface area contributed by atoms with Gasteiger partial charge in [0.25, 0.3) is 0 Å². The van der Waals surface area contributed by atoms with Gasteiger partial charge in [-0.1, -0.05) is 12.1 Å². The third-order valence-corrected chi connectivity index (χ3v) is 5.34.